The average Bonchev–Trinajstić information content (AvgIpc) is 3.11. The number of anilines is 1. The summed E-state index contributed by atoms with van der Waals surface area (Å²) in [5.41, 5.74) is 5.13. The van der Waals surface area contributed by atoms with Gasteiger partial charge in [0.25, 0.3) is 0 Å². The Kier molecular flexibility index (Phi) is 5.38. The van der Waals surface area contributed by atoms with E-state index in [2.05, 4.69) is 34.7 Å². The standard InChI is InChI=1S/C25H22N2O3S/c1-2-29-24(28)15-27-22-12-11-19(14-20(22)25-23(27)8-5-13-31-25)30-16-18-10-9-17-6-3-4-7-21(17)26-18/h3-14,25H,2,15-16H2,1H3. The smallest absolute Gasteiger partial charge is 0.325 e. The fourth-order valence-corrected chi connectivity index (χ4v) is 4.97. The summed E-state index contributed by atoms with van der Waals surface area (Å²) in [6, 6.07) is 18.2. The number of thioether (sulfide) groups is 1. The van der Waals surface area contributed by atoms with Gasteiger partial charge in [-0.25, -0.2) is 4.98 Å². The van der Waals surface area contributed by atoms with E-state index in [1.54, 1.807) is 11.8 Å². The van der Waals surface area contributed by atoms with Gasteiger partial charge in [-0.2, -0.15) is 0 Å². The maximum atomic E-state index is 12.2. The number of carbonyl (C=O) groups is 1. The summed E-state index contributed by atoms with van der Waals surface area (Å²) in [7, 11) is 0. The molecule has 1 atom stereocenters. The molecule has 0 fully saturated rings. The summed E-state index contributed by atoms with van der Waals surface area (Å²) < 4.78 is 11.3. The second kappa shape index (κ2) is 8.47. The first-order chi connectivity index (χ1) is 15.2. The van der Waals surface area contributed by atoms with Gasteiger partial charge in [0.2, 0.25) is 0 Å². The molecule has 31 heavy (non-hydrogen) atoms. The van der Waals surface area contributed by atoms with E-state index < -0.39 is 0 Å². The molecule has 6 heteroatoms. The van der Waals surface area contributed by atoms with Crippen molar-refractivity contribution in [3.8, 4) is 5.75 Å². The molecule has 2 aliphatic heterocycles. The highest BCUT2D eigenvalue weighted by atomic mass is 32.2. The van der Waals surface area contributed by atoms with Crippen molar-refractivity contribution in [2.24, 2.45) is 0 Å². The number of esters is 1. The van der Waals surface area contributed by atoms with Crippen LogP contribution in [0.3, 0.4) is 0 Å². The molecule has 3 aromatic rings. The Morgan fingerprint density at radius 2 is 2.06 bits per heavy atom. The summed E-state index contributed by atoms with van der Waals surface area (Å²) in [5.74, 6) is 0.568. The molecule has 0 saturated carbocycles. The van der Waals surface area contributed by atoms with E-state index in [1.807, 2.05) is 54.3 Å². The van der Waals surface area contributed by atoms with Gasteiger partial charge < -0.3 is 14.4 Å². The number of aromatic nitrogens is 1. The monoisotopic (exact) mass is 430 g/mol. The first kappa shape index (κ1) is 19.7. The molecule has 5 nitrogen and oxygen atoms in total. The van der Waals surface area contributed by atoms with Crippen LogP contribution in [0.25, 0.3) is 10.9 Å². The van der Waals surface area contributed by atoms with Gasteiger partial charge in [0.15, 0.2) is 0 Å². The Morgan fingerprint density at radius 3 is 2.97 bits per heavy atom. The molecule has 0 saturated heterocycles. The first-order valence-electron chi connectivity index (χ1n) is 10.3. The van der Waals surface area contributed by atoms with Crippen molar-refractivity contribution in [3.05, 3.63) is 89.1 Å². The van der Waals surface area contributed by atoms with Crippen molar-refractivity contribution in [1.82, 2.24) is 4.98 Å². The highest BCUT2D eigenvalue weighted by molar-refractivity contribution is 8.02. The van der Waals surface area contributed by atoms with Crippen LogP contribution < -0.4 is 9.64 Å². The molecule has 1 aromatic heterocycles. The highest BCUT2D eigenvalue weighted by Gasteiger charge is 2.36. The Labute approximate surface area is 185 Å². The molecule has 5 rings (SSSR count). The van der Waals surface area contributed by atoms with Gasteiger partial charge in [-0.3, -0.25) is 4.79 Å². The molecule has 2 aliphatic rings. The fraction of sp³-hybridized carbons (Fsp3) is 0.200. The molecule has 0 radical (unpaired) electrons. The second-order valence-corrected chi connectivity index (χ2v) is 8.35. The van der Waals surface area contributed by atoms with Crippen molar-refractivity contribution >= 4 is 34.3 Å². The van der Waals surface area contributed by atoms with Crippen molar-refractivity contribution < 1.29 is 14.3 Å². The van der Waals surface area contributed by atoms with E-state index >= 15 is 0 Å². The first-order valence-corrected chi connectivity index (χ1v) is 11.2. The van der Waals surface area contributed by atoms with E-state index in [9.17, 15) is 4.79 Å². The molecule has 0 amide bonds. The Morgan fingerprint density at radius 1 is 1.16 bits per heavy atom. The van der Waals surface area contributed by atoms with Crippen LogP contribution in [0.2, 0.25) is 0 Å². The van der Waals surface area contributed by atoms with Crippen LogP contribution in [0, 0.1) is 0 Å². The predicted molar refractivity (Wildman–Crippen MR) is 124 cm³/mol. The zero-order valence-corrected chi connectivity index (χ0v) is 18.0. The molecule has 156 valence electrons. The third-order valence-corrected chi connectivity index (χ3v) is 6.43. The van der Waals surface area contributed by atoms with Crippen LogP contribution >= 0.6 is 11.8 Å². The Balaban J connectivity index is 1.37. The van der Waals surface area contributed by atoms with Gasteiger partial charge in [-0.05, 0) is 54.3 Å². The highest BCUT2D eigenvalue weighted by Crippen LogP contribution is 2.52. The lowest BCUT2D eigenvalue weighted by Crippen LogP contribution is -2.28. The summed E-state index contributed by atoms with van der Waals surface area (Å²) in [6.45, 7) is 2.81. The normalized spacial score (nSPS) is 16.6. The molecule has 1 unspecified atom stereocenters. The number of hydrogen-bond acceptors (Lipinski definition) is 6. The van der Waals surface area contributed by atoms with Gasteiger partial charge >= 0.3 is 5.97 Å². The van der Waals surface area contributed by atoms with Crippen LogP contribution in [-0.4, -0.2) is 24.1 Å². The molecular weight excluding hydrogens is 408 g/mol. The van der Waals surface area contributed by atoms with E-state index in [1.165, 1.54) is 0 Å². The summed E-state index contributed by atoms with van der Waals surface area (Å²) >= 11 is 1.73. The number of fused-ring (bicyclic) bond motifs is 4. The Bertz CT molecular complexity index is 1200. The molecule has 0 spiro atoms. The maximum Gasteiger partial charge on any atom is 0.325 e. The number of para-hydroxylation sites is 1. The molecule has 0 bridgehead atoms. The molecule has 3 heterocycles. The van der Waals surface area contributed by atoms with Gasteiger partial charge in [0, 0.05) is 16.8 Å². The van der Waals surface area contributed by atoms with Gasteiger partial charge in [0.1, 0.15) is 18.9 Å². The quantitative estimate of drug-likeness (QED) is 0.489. The third kappa shape index (κ3) is 3.91. The lowest BCUT2D eigenvalue weighted by Gasteiger charge is -2.22. The topological polar surface area (TPSA) is 51.7 Å². The minimum Gasteiger partial charge on any atom is -0.487 e. The van der Waals surface area contributed by atoms with Gasteiger partial charge in [0.05, 0.1) is 23.1 Å². The van der Waals surface area contributed by atoms with Gasteiger partial charge in [-0.1, -0.05) is 30.3 Å². The Hall–Kier alpha value is -3.25. The number of benzene rings is 2. The minimum atomic E-state index is -0.225. The van der Waals surface area contributed by atoms with E-state index in [0.29, 0.717) is 13.2 Å². The average molecular weight is 431 g/mol. The number of ether oxygens (including phenoxy) is 2. The van der Waals surface area contributed by atoms with E-state index in [4.69, 9.17) is 9.47 Å². The second-order valence-electron chi connectivity index (χ2n) is 7.33. The van der Waals surface area contributed by atoms with Crippen LogP contribution in [-0.2, 0) is 16.1 Å². The molecule has 2 aromatic carbocycles. The number of hydrogen-bond donors (Lipinski definition) is 0. The van der Waals surface area contributed by atoms with Crippen molar-refractivity contribution in [1.29, 1.82) is 0 Å². The van der Waals surface area contributed by atoms with Crippen LogP contribution in [0.1, 0.15) is 23.4 Å². The largest absolute Gasteiger partial charge is 0.487 e. The zero-order valence-electron chi connectivity index (χ0n) is 17.2. The lowest BCUT2D eigenvalue weighted by atomic mass is 10.1. The summed E-state index contributed by atoms with van der Waals surface area (Å²) in [4.78, 5) is 18.9. The number of allylic oxidation sites excluding steroid dienone is 2. The molecular formula is C25H22N2O3S. The predicted octanol–water partition coefficient (Wildman–Crippen LogP) is 5.38. The van der Waals surface area contributed by atoms with Gasteiger partial charge in [-0.15, -0.1) is 11.8 Å². The van der Waals surface area contributed by atoms with Crippen LogP contribution in [0.5, 0.6) is 5.75 Å². The number of pyridine rings is 1. The summed E-state index contributed by atoms with van der Waals surface area (Å²) in [5, 5.41) is 3.35. The zero-order chi connectivity index (χ0) is 21.2. The van der Waals surface area contributed by atoms with Crippen molar-refractivity contribution in [2.45, 2.75) is 18.8 Å². The molecule has 0 aliphatic carbocycles. The van der Waals surface area contributed by atoms with E-state index in [0.717, 1.165) is 39.3 Å². The lowest BCUT2D eigenvalue weighted by molar-refractivity contribution is -0.141. The fourth-order valence-electron chi connectivity index (χ4n) is 3.96. The molecule has 0 N–H and O–H groups in total. The number of rotatable bonds is 6. The minimum absolute atomic E-state index is 0.150. The van der Waals surface area contributed by atoms with E-state index in [-0.39, 0.29) is 17.8 Å². The summed E-state index contributed by atoms with van der Waals surface area (Å²) in [6.07, 6.45) is 4.09. The maximum absolute atomic E-state index is 12.2. The van der Waals surface area contributed by atoms with Crippen molar-refractivity contribution in [2.75, 3.05) is 18.1 Å². The number of nitrogens with zero attached hydrogens (tertiary/aromatic N) is 2. The third-order valence-electron chi connectivity index (χ3n) is 5.35. The number of carbonyl (C=O) groups excluding carboxylic acids is 1. The SMILES string of the molecule is CCOC(=O)CN1C2=CC=CSC2c2cc(OCc3ccc4ccccc4n3)ccc21. The van der Waals surface area contributed by atoms with Crippen LogP contribution in [0.4, 0.5) is 5.69 Å². The van der Waals surface area contributed by atoms with Crippen LogP contribution in [0.15, 0.2) is 77.9 Å². The van der Waals surface area contributed by atoms with Crippen molar-refractivity contribution in [3.63, 3.8) is 0 Å².